The summed E-state index contributed by atoms with van der Waals surface area (Å²) in [4.78, 5) is 31.1. The van der Waals surface area contributed by atoms with Gasteiger partial charge in [-0.3, -0.25) is 0 Å². The van der Waals surface area contributed by atoms with E-state index in [4.69, 9.17) is 4.74 Å². The number of urea groups is 1. The predicted octanol–water partition coefficient (Wildman–Crippen LogP) is 0.885. The molecule has 0 saturated heterocycles. The van der Waals surface area contributed by atoms with Gasteiger partial charge in [-0.2, -0.15) is 4.98 Å². The lowest BCUT2D eigenvalue weighted by molar-refractivity contribution is -0.138. The van der Waals surface area contributed by atoms with Crippen molar-refractivity contribution in [3.8, 4) is 5.88 Å². The molecule has 144 valence electrons. The summed E-state index contributed by atoms with van der Waals surface area (Å²) in [6.07, 6.45) is -0.192. The van der Waals surface area contributed by atoms with Crippen LogP contribution in [0.5, 0.6) is 5.88 Å². The lowest BCUT2D eigenvalue weighted by Crippen LogP contribution is -2.47. The van der Waals surface area contributed by atoms with Crippen LogP contribution in [-0.2, 0) is 9.53 Å². The normalized spacial score (nSPS) is 11.3. The van der Waals surface area contributed by atoms with Gasteiger partial charge in [0.05, 0.1) is 12.8 Å². The number of aromatic hydroxyl groups is 1. The number of methoxy groups -OCH3 is 1. The lowest BCUT2D eigenvalue weighted by atomic mass is 10.3. The van der Waals surface area contributed by atoms with Crippen LogP contribution < -0.4 is 21.3 Å². The monoisotopic (exact) mass is 376 g/mol. The maximum atomic E-state index is 12.0. The Morgan fingerprint density at radius 3 is 2.63 bits per heavy atom. The zero-order valence-electron chi connectivity index (χ0n) is 14.5. The van der Waals surface area contributed by atoms with Gasteiger partial charge in [0.25, 0.3) is 0 Å². The van der Waals surface area contributed by atoms with Crippen molar-refractivity contribution >= 4 is 29.3 Å². The van der Waals surface area contributed by atoms with Crippen molar-refractivity contribution in [1.82, 2.24) is 15.3 Å². The van der Waals surface area contributed by atoms with E-state index in [0.717, 1.165) is 0 Å². The largest absolute Gasteiger partial charge is 0.492 e. The van der Waals surface area contributed by atoms with E-state index in [2.05, 4.69) is 31.2 Å². The summed E-state index contributed by atoms with van der Waals surface area (Å²) in [6, 6.07) is 7.68. The molecule has 11 nitrogen and oxygen atoms in total. The number of anilines is 3. The Labute approximate surface area is 154 Å². The number of benzene rings is 1. The highest BCUT2D eigenvalue weighted by Gasteiger charge is 2.20. The molecule has 1 atom stereocenters. The topological polar surface area (TPSA) is 158 Å². The minimum atomic E-state index is -1.38. The third-order valence-corrected chi connectivity index (χ3v) is 3.21. The van der Waals surface area contributed by atoms with Gasteiger partial charge in [0.1, 0.15) is 5.69 Å². The maximum absolute atomic E-state index is 12.0. The van der Waals surface area contributed by atoms with Crippen molar-refractivity contribution < 1.29 is 24.5 Å². The first-order valence-corrected chi connectivity index (χ1v) is 7.90. The lowest BCUT2D eigenvalue weighted by Gasteiger charge is -2.17. The van der Waals surface area contributed by atoms with Gasteiger partial charge in [-0.15, -0.1) is 0 Å². The number of carbonyl (C=O) groups is 2. The number of carboxylic acid groups (broad SMARTS) is 1. The summed E-state index contributed by atoms with van der Waals surface area (Å²) < 4.78 is 4.87. The van der Waals surface area contributed by atoms with Crippen LogP contribution in [0.1, 0.15) is 0 Å². The van der Waals surface area contributed by atoms with Gasteiger partial charge >= 0.3 is 12.0 Å². The number of rotatable bonds is 9. The van der Waals surface area contributed by atoms with E-state index in [1.165, 1.54) is 6.20 Å². The molecule has 2 aromatic rings. The number of ether oxygens (including phenoxy) is 1. The smallest absolute Gasteiger partial charge is 0.347 e. The van der Waals surface area contributed by atoms with Crippen LogP contribution in [0.15, 0.2) is 36.5 Å². The van der Waals surface area contributed by atoms with Crippen molar-refractivity contribution in [3.63, 3.8) is 0 Å². The van der Waals surface area contributed by atoms with E-state index >= 15 is 0 Å². The summed E-state index contributed by atoms with van der Waals surface area (Å²) >= 11 is 0. The number of hydrogen-bond acceptors (Lipinski definition) is 8. The third-order valence-electron chi connectivity index (χ3n) is 3.21. The zero-order valence-corrected chi connectivity index (χ0v) is 14.5. The number of nitrogens with one attached hydrogen (secondary N) is 4. The molecule has 11 heteroatoms. The molecule has 1 heterocycles. The van der Waals surface area contributed by atoms with Gasteiger partial charge in [0.2, 0.25) is 18.0 Å². The molecule has 1 aromatic carbocycles. The minimum Gasteiger partial charge on any atom is -0.492 e. The van der Waals surface area contributed by atoms with Gasteiger partial charge in [0.15, 0.2) is 0 Å². The molecule has 27 heavy (non-hydrogen) atoms. The minimum absolute atomic E-state index is 0.0753. The Morgan fingerprint density at radius 2 is 2.00 bits per heavy atom. The first-order valence-electron chi connectivity index (χ1n) is 7.90. The van der Waals surface area contributed by atoms with Crippen LogP contribution in [-0.4, -0.2) is 58.6 Å². The Bertz CT molecular complexity index is 773. The molecule has 2 rings (SSSR count). The van der Waals surface area contributed by atoms with Crippen LogP contribution in [0.2, 0.25) is 0 Å². The maximum Gasteiger partial charge on any atom is 0.347 e. The van der Waals surface area contributed by atoms with Gasteiger partial charge in [-0.05, 0) is 12.1 Å². The van der Waals surface area contributed by atoms with E-state index in [0.29, 0.717) is 18.8 Å². The van der Waals surface area contributed by atoms with Crippen LogP contribution in [0.25, 0.3) is 0 Å². The molecule has 1 aromatic heterocycles. The second kappa shape index (κ2) is 9.77. The summed E-state index contributed by atoms with van der Waals surface area (Å²) in [6.45, 7) is 0.867. The number of para-hydroxylation sites is 1. The fourth-order valence-electron chi connectivity index (χ4n) is 1.96. The first kappa shape index (κ1) is 19.7. The zero-order chi connectivity index (χ0) is 19.6. The van der Waals surface area contributed by atoms with Crippen molar-refractivity contribution in [2.24, 2.45) is 0 Å². The standard InChI is InChI=1S/C16H20N6O5/c1-27-8-7-17-15-18-9-11(13(23)22-15)20-16(26)21-12(14(24)25)19-10-5-3-2-4-6-10/h2-6,9,12,19H,7-8H2,1H3,(H,24,25)(H2,20,21,26)(H2,17,18,22,23)/t12-/m0/s1. The number of nitrogens with zero attached hydrogens (tertiary/aromatic N) is 2. The van der Waals surface area contributed by atoms with Crippen LogP contribution >= 0.6 is 0 Å². The Balaban J connectivity index is 1.95. The highest BCUT2D eigenvalue weighted by Crippen LogP contribution is 2.20. The molecule has 6 N–H and O–H groups in total. The SMILES string of the molecule is COCCNc1ncc(NC(=O)N[C@H](Nc2ccccc2)C(=O)O)c(O)n1. The quantitative estimate of drug-likeness (QED) is 0.276. The van der Waals surface area contributed by atoms with Gasteiger partial charge in [0, 0.05) is 19.3 Å². The second-order valence-electron chi connectivity index (χ2n) is 5.23. The average molecular weight is 376 g/mol. The Kier molecular flexibility index (Phi) is 7.14. The summed E-state index contributed by atoms with van der Waals surface area (Å²) in [7, 11) is 1.54. The number of amides is 2. The highest BCUT2D eigenvalue weighted by molar-refractivity contribution is 5.93. The molecule has 0 aliphatic rings. The molecule has 0 radical (unpaired) electrons. The predicted molar refractivity (Wildman–Crippen MR) is 97.7 cm³/mol. The number of aromatic nitrogens is 2. The van der Waals surface area contributed by atoms with Gasteiger partial charge in [-0.1, -0.05) is 18.2 Å². The summed E-state index contributed by atoms with van der Waals surface area (Å²) in [5.74, 6) is -1.60. The molecule has 0 aliphatic carbocycles. The van der Waals surface area contributed by atoms with E-state index < -0.39 is 24.0 Å². The second-order valence-corrected chi connectivity index (χ2v) is 5.23. The molecule has 0 spiro atoms. The first-order chi connectivity index (χ1) is 13.0. The van der Waals surface area contributed by atoms with E-state index in [1.807, 2.05) is 0 Å². The molecule has 0 fully saturated rings. The molecular weight excluding hydrogens is 356 g/mol. The van der Waals surface area contributed by atoms with Crippen molar-refractivity contribution in [2.45, 2.75) is 6.17 Å². The van der Waals surface area contributed by atoms with Crippen molar-refractivity contribution in [2.75, 3.05) is 36.2 Å². The Hall–Kier alpha value is -3.60. The molecular formula is C16H20N6O5. The van der Waals surface area contributed by atoms with Crippen molar-refractivity contribution in [1.29, 1.82) is 0 Å². The Morgan fingerprint density at radius 1 is 1.26 bits per heavy atom. The number of carbonyl (C=O) groups excluding carboxylic acids is 1. The molecule has 0 saturated carbocycles. The average Bonchev–Trinajstić information content (AvgIpc) is 2.64. The molecule has 0 unspecified atom stereocenters. The molecule has 2 amide bonds. The van der Waals surface area contributed by atoms with E-state index in [-0.39, 0.29) is 11.6 Å². The van der Waals surface area contributed by atoms with Crippen LogP contribution in [0.4, 0.5) is 22.1 Å². The van der Waals surface area contributed by atoms with Crippen LogP contribution in [0.3, 0.4) is 0 Å². The molecule has 0 bridgehead atoms. The van der Waals surface area contributed by atoms with Crippen molar-refractivity contribution in [3.05, 3.63) is 36.5 Å². The van der Waals surface area contributed by atoms with Gasteiger partial charge < -0.3 is 36.2 Å². The van der Waals surface area contributed by atoms with Gasteiger partial charge in [-0.25, -0.2) is 14.6 Å². The fraction of sp³-hybridized carbons (Fsp3) is 0.250. The number of hydrogen-bond donors (Lipinski definition) is 6. The summed E-state index contributed by atoms with van der Waals surface area (Å²) in [5, 5.41) is 29.1. The molecule has 0 aliphatic heterocycles. The fourth-order valence-corrected chi connectivity index (χ4v) is 1.96. The third kappa shape index (κ3) is 6.32. The summed E-state index contributed by atoms with van der Waals surface area (Å²) in [5.41, 5.74) is 0.441. The number of aliphatic carboxylic acids is 1. The van der Waals surface area contributed by atoms with E-state index in [9.17, 15) is 19.8 Å². The van der Waals surface area contributed by atoms with E-state index in [1.54, 1.807) is 37.4 Å². The highest BCUT2D eigenvalue weighted by atomic mass is 16.5. The van der Waals surface area contributed by atoms with Crippen LogP contribution in [0, 0.1) is 0 Å². The number of carboxylic acids is 1.